The number of thioether (sulfide) groups is 1. The Balaban J connectivity index is 3.14. The third-order valence-electron chi connectivity index (χ3n) is 1.62. The molecule has 1 unspecified atom stereocenters. The molecule has 0 bridgehead atoms. The Morgan fingerprint density at radius 3 is 2.71 bits per heavy atom. The Hall–Kier alpha value is -0.460. The lowest BCUT2D eigenvalue weighted by Gasteiger charge is -2.05. The first kappa shape index (κ1) is 13.5. The highest BCUT2D eigenvalue weighted by Gasteiger charge is 2.01. The molecule has 0 aliphatic heterocycles. The Kier molecular flexibility index (Phi) is 8.81. The summed E-state index contributed by atoms with van der Waals surface area (Å²) in [5.41, 5.74) is 5.28. The Labute approximate surface area is 88.0 Å². The third kappa shape index (κ3) is 8.15. The summed E-state index contributed by atoms with van der Waals surface area (Å²) in [6.45, 7) is -0.183. The van der Waals surface area contributed by atoms with Gasteiger partial charge in [0.05, 0.1) is 12.7 Å². The van der Waals surface area contributed by atoms with E-state index >= 15 is 0 Å². The van der Waals surface area contributed by atoms with E-state index < -0.39 is 6.10 Å². The number of aliphatic hydroxyl groups is 2. The molecule has 0 saturated heterocycles. The first-order chi connectivity index (χ1) is 6.70. The van der Waals surface area contributed by atoms with Gasteiger partial charge in [0.1, 0.15) is 5.84 Å². The number of amidine groups is 1. The number of nitrogens with two attached hydrogens (primary N) is 1. The molecule has 0 spiro atoms. The zero-order valence-corrected chi connectivity index (χ0v) is 8.91. The summed E-state index contributed by atoms with van der Waals surface area (Å²) in [5.74, 6) is 1.72. The van der Waals surface area contributed by atoms with Crippen LogP contribution < -0.4 is 5.73 Å². The van der Waals surface area contributed by atoms with Gasteiger partial charge in [-0.1, -0.05) is 5.16 Å². The second-order valence-corrected chi connectivity index (χ2v) is 4.11. The number of hydrogen-bond donors (Lipinski definition) is 4. The van der Waals surface area contributed by atoms with Gasteiger partial charge in [0.2, 0.25) is 0 Å². The molecule has 0 aromatic carbocycles. The van der Waals surface area contributed by atoms with Crippen molar-refractivity contribution in [3.63, 3.8) is 0 Å². The van der Waals surface area contributed by atoms with Gasteiger partial charge in [0.25, 0.3) is 0 Å². The molecule has 5 nitrogen and oxygen atoms in total. The Morgan fingerprint density at radius 2 is 2.14 bits per heavy atom. The van der Waals surface area contributed by atoms with Crippen molar-refractivity contribution in [3.8, 4) is 0 Å². The van der Waals surface area contributed by atoms with E-state index in [9.17, 15) is 0 Å². The largest absolute Gasteiger partial charge is 0.409 e. The van der Waals surface area contributed by atoms with E-state index in [0.29, 0.717) is 12.2 Å². The average Bonchev–Trinajstić information content (AvgIpc) is 2.22. The zero-order valence-electron chi connectivity index (χ0n) is 8.09. The number of nitrogens with zero attached hydrogens (tertiary/aromatic N) is 1. The fourth-order valence-corrected chi connectivity index (χ4v) is 1.78. The van der Waals surface area contributed by atoms with Crippen LogP contribution in [0, 0.1) is 0 Å². The molecule has 84 valence electrons. The lowest BCUT2D eigenvalue weighted by molar-refractivity contribution is 0.113. The molecule has 0 rings (SSSR count). The Bertz CT molecular complexity index is 167. The van der Waals surface area contributed by atoms with Gasteiger partial charge in [0, 0.05) is 12.2 Å². The number of unbranched alkanes of at least 4 members (excludes halogenated alkanes) is 1. The van der Waals surface area contributed by atoms with Gasteiger partial charge in [-0.15, -0.1) is 0 Å². The van der Waals surface area contributed by atoms with Crippen LogP contribution in [0.4, 0.5) is 0 Å². The highest BCUT2D eigenvalue weighted by atomic mass is 32.2. The van der Waals surface area contributed by atoms with Crippen molar-refractivity contribution in [3.05, 3.63) is 0 Å². The van der Waals surface area contributed by atoms with Gasteiger partial charge >= 0.3 is 0 Å². The average molecular weight is 222 g/mol. The maximum atomic E-state index is 9.00. The molecule has 0 saturated carbocycles. The number of rotatable bonds is 8. The van der Waals surface area contributed by atoms with Crippen molar-refractivity contribution < 1.29 is 15.4 Å². The van der Waals surface area contributed by atoms with Crippen LogP contribution in [0.5, 0.6) is 0 Å². The van der Waals surface area contributed by atoms with Crippen LogP contribution in [-0.4, -0.2) is 45.5 Å². The van der Waals surface area contributed by atoms with Crippen LogP contribution in [0.25, 0.3) is 0 Å². The summed E-state index contributed by atoms with van der Waals surface area (Å²) in [7, 11) is 0. The van der Waals surface area contributed by atoms with E-state index in [2.05, 4.69) is 5.16 Å². The molecule has 0 aliphatic carbocycles. The monoisotopic (exact) mass is 222 g/mol. The molecule has 0 amide bonds. The molecule has 0 heterocycles. The van der Waals surface area contributed by atoms with Gasteiger partial charge in [-0.2, -0.15) is 11.8 Å². The molecule has 5 N–H and O–H groups in total. The molecule has 0 fully saturated rings. The molecular formula is C8H18N2O3S. The van der Waals surface area contributed by atoms with Gasteiger partial charge in [-0.3, -0.25) is 0 Å². The van der Waals surface area contributed by atoms with E-state index in [1.54, 1.807) is 11.8 Å². The molecule has 1 atom stereocenters. The van der Waals surface area contributed by atoms with Crippen molar-refractivity contribution in [2.24, 2.45) is 10.9 Å². The zero-order chi connectivity index (χ0) is 10.8. The molecule has 14 heavy (non-hydrogen) atoms. The smallest absolute Gasteiger partial charge is 0.139 e. The second-order valence-electron chi connectivity index (χ2n) is 2.96. The van der Waals surface area contributed by atoms with Crippen molar-refractivity contribution in [1.29, 1.82) is 0 Å². The molecule has 0 aromatic heterocycles. The number of aliphatic hydroxyl groups excluding tert-OH is 2. The number of hydrogen-bond acceptors (Lipinski definition) is 5. The van der Waals surface area contributed by atoms with Crippen LogP contribution in [0.2, 0.25) is 0 Å². The lowest BCUT2D eigenvalue weighted by atomic mass is 10.2. The topological polar surface area (TPSA) is 99.1 Å². The van der Waals surface area contributed by atoms with Crippen molar-refractivity contribution in [2.75, 3.05) is 18.1 Å². The minimum Gasteiger partial charge on any atom is -0.409 e. The van der Waals surface area contributed by atoms with Gasteiger partial charge in [-0.05, 0) is 18.6 Å². The number of oxime groups is 1. The lowest BCUT2D eigenvalue weighted by Crippen LogP contribution is -2.15. The predicted molar refractivity (Wildman–Crippen MR) is 57.7 cm³/mol. The van der Waals surface area contributed by atoms with Crippen LogP contribution >= 0.6 is 11.8 Å². The maximum Gasteiger partial charge on any atom is 0.139 e. The third-order valence-corrected chi connectivity index (χ3v) is 2.82. The van der Waals surface area contributed by atoms with E-state index in [1.165, 1.54) is 0 Å². The minimum absolute atomic E-state index is 0.183. The predicted octanol–water partition coefficient (Wildman–Crippen LogP) is -0.0105. The summed E-state index contributed by atoms with van der Waals surface area (Å²) in [6.07, 6.45) is 1.81. The molecule has 0 radical (unpaired) electrons. The summed E-state index contributed by atoms with van der Waals surface area (Å²) < 4.78 is 0. The SMILES string of the molecule is NC(CCCCSCC(O)CO)=NO. The summed E-state index contributed by atoms with van der Waals surface area (Å²) >= 11 is 1.59. The summed E-state index contributed by atoms with van der Waals surface area (Å²) in [4.78, 5) is 0. The van der Waals surface area contributed by atoms with E-state index in [0.717, 1.165) is 18.6 Å². The van der Waals surface area contributed by atoms with E-state index in [1.807, 2.05) is 0 Å². The quantitative estimate of drug-likeness (QED) is 0.152. The van der Waals surface area contributed by atoms with E-state index in [-0.39, 0.29) is 12.4 Å². The highest BCUT2D eigenvalue weighted by molar-refractivity contribution is 7.99. The fraction of sp³-hybridized carbons (Fsp3) is 0.875. The second kappa shape index (κ2) is 9.11. The van der Waals surface area contributed by atoms with Crippen LogP contribution in [0.1, 0.15) is 19.3 Å². The standard InChI is InChI=1S/C8H18N2O3S/c9-8(10-13)3-1-2-4-14-6-7(12)5-11/h7,11-13H,1-6H2,(H2,9,10). The normalized spacial score (nSPS) is 14.3. The maximum absolute atomic E-state index is 9.00. The van der Waals surface area contributed by atoms with Crippen molar-refractivity contribution >= 4 is 17.6 Å². The molecule has 6 heteroatoms. The molecule has 0 aliphatic rings. The fourth-order valence-electron chi connectivity index (χ4n) is 0.832. The minimum atomic E-state index is -0.621. The molecular weight excluding hydrogens is 204 g/mol. The summed E-state index contributed by atoms with van der Waals surface area (Å²) in [5, 5.41) is 28.6. The first-order valence-corrected chi connectivity index (χ1v) is 5.69. The Morgan fingerprint density at radius 1 is 1.43 bits per heavy atom. The van der Waals surface area contributed by atoms with Crippen LogP contribution in [-0.2, 0) is 0 Å². The molecule has 0 aromatic rings. The van der Waals surface area contributed by atoms with Gasteiger partial charge in [0.15, 0.2) is 0 Å². The first-order valence-electron chi connectivity index (χ1n) is 4.53. The summed E-state index contributed by atoms with van der Waals surface area (Å²) in [6, 6.07) is 0. The van der Waals surface area contributed by atoms with Crippen LogP contribution in [0.3, 0.4) is 0 Å². The highest BCUT2D eigenvalue weighted by Crippen LogP contribution is 2.07. The van der Waals surface area contributed by atoms with Gasteiger partial charge in [-0.25, -0.2) is 0 Å². The van der Waals surface area contributed by atoms with Crippen molar-refractivity contribution in [2.45, 2.75) is 25.4 Å². The van der Waals surface area contributed by atoms with E-state index in [4.69, 9.17) is 21.2 Å². The van der Waals surface area contributed by atoms with Crippen molar-refractivity contribution in [1.82, 2.24) is 0 Å². The van der Waals surface area contributed by atoms with Crippen LogP contribution in [0.15, 0.2) is 5.16 Å². The van der Waals surface area contributed by atoms with Gasteiger partial charge < -0.3 is 21.2 Å².